The summed E-state index contributed by atoms with van der Waals surface area (Å²) < 4.78 is 4.76. The van der Waals surface area contributed by atoms with Crippen LogP contribution in [0.5, 0.6) is 0 Å². The van der Waals surface area contributed by atoms with Gasteiger partial charge in [-0.1, -0.05) is 13.8 Å². The van der Waals surface area contributed by atoms with Gasteiger partial charge in [0.1, 0.15) is 6.04 Å². The van der Waals surface area contributed by atoms with E-state index in [4.69, 9.17) is 4.74 Å². The van der Waals surface area contributed by atoms with Crippen LogP contribution in [0.15, 0.2) is 0 Å². The van der Waals surface area contributed by atoms with Gasteiger partial charge in [0.15, 0.2) is 0 Å². The van der Waals surface area contributed by atoms with Crippen LogP contribution in [0.4, 0.5) is 0 Å². The van der Waals surface area contributed by atoms with Crippen LogP contribution in [0.1, 0.15) is 33.1 Å². The number of rotatable bonds is 6. The summed E-state index contributed by atoms with van der Waals surface area (Å²) >= 11 is 0. The van der Waals surface area contributed by atoms with Gasteiger partial charge in [0.2, 0.25) is 5.91 Å². The Labute approximate surface area is 102 Å². The summed E-state index contributed by atoms with van der Waals surface area (Å²) in [6.45, 7) is 4.75. The van der Waals surface area contributed by atoms with Crippen LogP contribution in [0.2, 0.25) is 0 Å². The van der Waals surface area contributed by atoms with E-state index in [1.165, 1.54) is 7.11 Å². The van der Waals surface area contributed by atoms with E-state index >= 15 is 0 Å². The summed E-state index contributed by atoms with van der Waals surface area (Å²) in [7, 11) is 1.40. The molecule has 0 aromatic heterocycles. The molecule has 1 amide bonds. The molecular formula is C12H22N2O3. The zero-order valence-corrected chi connectivity index (χ0v) is 10.8. The van der Waals surface area contributed by atoms with Gasteiger partial charge < -0.3 is 15.4 Å². The first-order valence-corrected chi connectivity index (χ1v) is 6.13. The lowest BCUT2D eigenvalue weighted by molar-refractivity contribution is -0.143. The van der Waals surface area contributed by atoms with E-state index < -0.39 is 0 Å². The summed E-state index contributed by atoms with van der Waals surface area (Å²) in [6, 6.07) is -0.140. The molecule has 2 N–H and O–H groups in total. The molecule has 0 aromatic rings. The van der Waals surface area contributed by atoms with Crippen LogP contribution in [-0.4, -0.2) is 37.6 Å². The molecule has 0 radical (unpaired) electrons. The van der Waals surface area contributed by atoms with Gasteiger partial charge in [0, 0.05) is 19.0 Å². The molecule has 0 aliphatic carbocycles. The van der Waals surface area contributed by atoms with Crippen molar-refractivity contribution in [3.8, 4) is 0 Å². The third kappa shape index (κ3) is 4.73. The Bertz CT molecular complexity index is 279. The average Bonchev–Trinajstić information content (AvgIpc) is 2.68. The molecule has 98 valence electrons. The molecule has 1 saturated heterocycles. The average molecular weight is 242 g/mol. The monoisotopic (exact) mass is 242 g/mol. The predicted octanol–water partition coefficient (Wildman–Crippen LogP) is 0.442. The van der Waals surface area contributed by atoms with Crippen LogP contribution in [0, 0.1) is 5.92 Å². The zero-order valence-electron chi connectivity index (χ0n) is 10.8. The first-order valence-electron chi connectivity index (χ1n) is 6.13. The SMILES string of the molecule is COC(=O)C(CC(C)C)NCC1CCC(=O)N1. The number of nitrogens with one attached hydrogen (secondary N) is 2. The Kier molecular flexibility index (Phi) is 5.41. The third-order valence-corrected chi connectivity index (χ3v) is 2.89. The maximum Gasteiger partial charge on any atom is 0.322 e. The molecule has 17 heavy (non-hydrogen) atoms. The van der Waals surface area contributed by atoms with E-state index in [1.807, 2.05) is 0 Å². The Morgan fingerprint density at radius 1 is 1.59 bits per heavy atom. The fourth-order valence-corrected chi connectivity index (χ4v) is 1.99. The van der Waals surface area contributed by atoms with Crippen molar-refractivity contribution < 1.29 is 14.3 Å². The summed E-state index contributed by atoms with van der Waals surface area (Å²) in [6.07, 6.45) is 2.16. The smallest absolute Gasteiger partial charge is 0.322 e. The van der Waals surface area contributed by atoms with Crippen LogP contribution < -0.4 is 10.6 Å². The summed E-state index contributed by atoms with van der Waals surface area (Å²) in [5.74, 6) is 0.281. The van der Waals surface area contributed by atoms with Gasteiger partial charge in [0.05, 0.1) is 7.11 Å². The summed E-state index contributed by atoms with van der Waals surface area (Å²) in [4.78, 5) is 22.6. The molecule has 0 aromatic carbocycles. The van der Waals surface area contributed by atoms with Gasteiger partial charge in [-0.2, -0.15) is 0 Å². The molecule has 2 unspecified atom stereocenters. The molecule has 1 aliphatic heterocycles. The molecule has 2 atom stereocenters. The number of ether oxygens (including phenoxy) is 1. The lowest BCUT2D eigenvalue weighted by Gasteiger charge is -2.20. The number of methoxy groups -OCH3 is 1. The van der Waals surface area contributed by atoms with E-state index in [0.717, 1.165) is 12.8 Å². The highest BCUT2D eigenvalue weighted by atomic mass is 16.5. The Balaban J connectivity index is 2.37. The van der Waals surface area contributed by atoms with Gasteiger partial charge in [-0.25, -0.2) is 0 Å². The second-order valence-corrected chi connectivity index (χ2v) is 4.92. The first kappa shape index (κ1) is 14.0. The van der Waals surface area contributed by atoms with E-state index in [1.54, 1.807) is 0 Å². The minimum atomic E-state index is -0.280. The van der Waals surface area contributed by atoms with Crippen molar-refractivity contribution in [2.45, 2.75) is 45.2 Å². The number of hydrogen-bond acceptors (Lipinski definition) is 4. The number of carbonyl (C=O) groups is 2. The van der Waals surface area contributed by atoms with Crippen molar-refractivity contribution in [1.82, 2.24) is 10.6 Å². The van der Waals surface area contributed by atoms with Gasteiger partial charge >= 0.3 is 5.97 Å². The molecule has 1 heterocycles. The summed E-state index contributed by atoms with van der Waals surface area (Å²) in [5.41, 5.74) is 0. The number of carbonyl (C=O) groups excluding carboxylic acids is 2. The van der Waals surface area contributed by atoms with E-state index in [2.05, 4.69) is 24.5 Å². The maximum absolute atomic E-state index is 11.5. The molecule has 1 fully saturated rings. The van der Waals surface area contributed by atoms with Crippen molar-refractivity contribution in [2.75, 3.05) is 13.7 Å². The van der Waals surface area contributed by atoms with Crippen LogP contribution in [-0.2, 0) is 14.3 Å². The second kappa shape index (κ2) is 6.59. The van der Waals surface area contributed by atoms with E-state index in [9.17, 15) is 9.59 Å². The fourth-order valence-electron chi connectivity index (χ4n) is 1.99. The van der Waals surface area contributed by atoms with E-state index in [-0.39, 0.29) is 24.0 Å². The molecule has 0 spiro atoms. The molecule has 5 nitrogen and oxygen atoms in total. The molecule has 5 heteroatoms. The first-order chi connectivity index (χ1) is 8.02. The Morgan fingerprint density at radius 3 is 2.76 bits per heavy atom. The minimum Gasteiger partial charge on any atom is -0.468 e. The zero-order chi connectivity index (χ0) is 12.8. The lowest BCUT2D eigenvalue weighted by atomic mass is 10.0. The topological polar surface area (TPSA) is 67.4 Å². The van der Waals surface area contributed by atoms with Crippen molar-refractivity contribution in [3.05, 3.63) is 0 Å². The Morgan fingerprint density at radius 2 is 2.29 bits per heavy atom. The molecule has 0 bridgehead atoms. The highest BCUT2D eigenvalue weighted by Crippen LogP contribution is 2.09. The lowest BCUT2D eigenvalue weighted by Crippen LogP contribution is -2.45. The van der Waals surface area contributed by atoms with Crippen molar-refractivity contribution in [2.24, 2.45) is 5.92 Å². The fraction of sp³-hybridized carbons (Fsp3) is 0.833. The van der Waals surface area contributed by atoms with E-state index in [0.29, 0.717) is 18.9 Å². The third-order valence-electron chi connectivity index (χ3n) is 2.89. The predicted molar refractivity (Wildman–Crippen MR) is 64.4 cm³/mol. The van der Waals surface area contributed by atoms with Crippen molar-refractivity contribution in [1.29, 1.82) is 0 Å². The number of esters is 1. The van der Waals surface area contributed by atoms with Crippen molar-refractivity contribution in [3.63, 3.8) is 0 Å². The quantitative estimate of drug-likeness (QED) is 0.663. The molecule has 1 aliphatic rings. The highest BCUT2D eigenvalue weighted by molar-refractivity contribution is 5.78. The van der Waals surface area contributed by atoms with Gasteiger partial charge in [-0.05, 0) is 18.8 Å². The second-order valence-electron chi connectivity index (χ2n) is 4.92. The molecular weight excluding hydrogens is 220 g/mol. The normalized spacial score (nSPS) is 21.4. The number of hydrogen-bond donors (Lipinski definition) is 2. The van der Waals surface area contributed by atoms with Crippen LogP contribution in [0.25, 0.3) is 0 Å². The molecule has 1 rings (SSSR count). The van der Waals surface area contributed by atoms with Crippen LogP contribution in [0.3, 0.4) is 0 Å². The Hall–Kier alpha value is -1.10. The molecule has 0 saturated carbocycles. The minimum absolute atomic E-state index is 0.0928. The highest BCUT2D eigenvalue weighted by Gasteiger charge is 2.24. The van der Waals surface area contributed by atoms with Gasteiger partial charge in [0.25, 0.3) is 0 Å². The standard InChI is InChI=1S/C12H22N2O3/c1-8(2)6-10(12(16)17-3)13-7-9-4-5-11(15)14-9/h8-10,13H,4-7H2,1-3H3,(H,14,15). The maximum atomic E-state index is 11.5. The van der Waals surface area contributed by atoms with Gasteiger partial charge in [-0.15, -0.1) is 0 Å². The number of amides is 1. The van der Waals surface area contributed by atoms with Gasteiger partial charge in [-0.3, -0.25) is 9.59 Å². The van der Waals surface area contributed by atoms with Crippen LogP contribution >= 0.6 is 0 Å². The largest absolute Gasteiger partial charge is 0.468 e. The summed E-state index contributed by atoms with van der Waals surface area (Å²) in [5, 5.41) is 6.04. The van der Waals surface area contributed by atoms with Crippen molar-refractivity contribution >= 4 is 11.9 Å².